The molecule has 2 aliphatic rings. The molecule has 7 heteroatoms. The van der Waals surface area contributed by atoms with Crippen molar-refractivity contribution in [1.29, 1.82) is 0 Å². The molecule has 0 spiro atoms. The molecule has 0 saturated heterocycles. The maximum atomic E-state index is 12.8. The van der Waals surface area contributed by atoms with Crippen LogP contribution in [-0.2, 0) is 36.2 Å². The first kappa shape index (κ1) is 13.0. The van der Waals surface area contributed by atoms with E-state index in [-0.39, 0.29) is 0 Å². The molecule has 0 amide bonds. The number of fused-ring (bicyclic) bond motifs is 2. The number of hydrogen-bond donors (Lipinski definition) is 1. The molecule has 0 unspecified atom stereocenters. The fraction of sp³-hybridized carbons (Fsp3) is 0.357. The number of sulfonamides is 1. The molecule has 0 aliphatic carbocycles. The van der Waals surface area contributed by atoms with Gasteiger partial charge in [-0.1, -0.05) is 6.07 Å². The minimum absolute atomic E-state index is 0.338. The van der Waals surface area contributed by atoms with Gasteiger partial charge in [-0.25, -0.2) is 13.4 Å². The highest BCUT2D eigenvalue weighted by Crippen LogP contribution is 2.24. The number of benzene rings is 1. The van der Waals surface area contributed by atoms with Crippen LogP contribution >= 0.6 is 0 Å². The predicted octanol–water partition coefficient (Wildman–Crippen LogP) is 0.691. The highest BCUT2D eigenvalue weighted by molar-refractivity contribution is 7.89. The Labute approximate surface area is 123 Å². The van der Waals surface area contributed by atoms with Crippen molar-refractivity contribution in [3.05, 3.63) is 47.5 Å². The van der Waals surface area contributed by atoms with E-state index >= 15 is 0 Å². The Morgan fingerprint density at radius 1 is 1.14 bits per heavy atom. The van der Waals surface area contributed by atoms with Gasteiger partial charge in [0.1, 0.15) is 5.82 Å². The number of hydrogen-bond acceptors (Lipinski definition) is 4. The molecule has 1 aromatic heterocycles. The zero-order valence-corrected chi connectivity index (χ0v) is 12.3. The monoisotopic (exact) mass is 304 g/mol. The molecule has 0 atom stereocenters. The molecule has 4 rings (SSSR count). The Hall–Kier alpha value is -1.70. The van der Waals surface area contributed by atoms with Crippen molar-refractivity contribution in [2.75, 3.05) is 6.54 Å². The topological polar surface area (TPSA) is 67.2 Å². The van der Waals surface area contributed by atoms with Crippen LogP contribution in [0.1, 0.15) is 17.0 Å². The summed E-state index contributed by atoms with van der Waals surface area (Å²) in [7, 11) is -3.45. The van der Waals surface area contributed by atoms with Crippen molar-refractivity contribution in [1.82, 2.24) is 19.2 Å². The van der Waals surface area contributed by atoms with Crippen LogP contribution in [0.15, 0.2) is 35.5 Å². The molecule has 0 saturated carbocycles. The van der Waals surface area contributed by atoms with Crippen LogP contribution in [0.25, 0.3) is 0 Å². The van der Waals surface area contributed by atoms with Crippen molar-refractivity contribution < 1.29 is 8.42 Å². The second-order valence-electron chi connectivity index (χ2n) is 5.41. The Morgan fingerprint density at radius 2 is 2.00 bits per heavy atom. The van der Waals surface area contributed by atoms with Crippen molar-refractivity contribution in [2.24, 2.45) is 0 Å². The zero-order chi connectivity index (χ0) is 14.4. The van der Waals surface area contributed by atoms with E-state index in [1.54, 1.807) is 18.3 Å². The fourth-order valence-corrected chi connectivity index (χ4v) is 4.37. The summed E-state index contributed by atoms with van der Waals surface area (Å²) in [6.45, 7) is 3.03. The second kappa shape index (κ2) is 4.66. The van der Waals surface area contributed by atoms with E-state index in [0.29, 0.717) is 24.5 Å². The SMILES string of the molecule is O=S(=O)(c1ccc2c(c1)CNC2)N1CCn2ccnc2C1. The predicted molar refractivity (Wildman–Crippen MR) is 76.8 cm³/mol. The normalized spacial score (nSPS) is 18.5. The van der Waals surface area contributed by atoms with E-state index in [9.17, 15) is 8.42 Å². The first-order valence-electron chi connectivity index (χ1n) is 6.97. The maximum absolute atomic E-state index is 12.8. The van der Waals surface area contributed by atoms with Gasteiger partial charge in [0.15, 0.2) is 0 Å². The summed E-state index contributed by atoms with van der Waals surface area (Å²) in [5, 5.41) is 3.23. The highest BCUT2D eigenvalue weighted by Gasteiger charge is 2.29. The van der Waals surface area contributed by atoms with Crippen LogP contribution in [0, 0.1) is 0 Å². The van der Waals surface area contributed by atoms with Crippen LogP contribution < -0.4 is 5.32 Å². The van der Waals surface area contributed by atoms with Gasteiger partial charge in [-0.2, -0.15) is 4.31 Å². The molecule has 1 aromatic carbocycles. The van der Waals surface area contributed by atoms with E-state index < -0.39 is 10.0 Å². The molecule has 3 heterocycles. The number of rotatable bonds is 2. The van der Waals surface area contributed by atoms with Gasteiger partial charge in [-0.05, 0) is 23.3 Å². The summed E-state index contributed by atoms with van der Waals surface area (Å²) in [5.41, 5.74) is 2.26. The molecule has 2 aromatic rings. The lowest BCUT2D eigenvalue weighted by atomic mass is 10.1. The van der Waals surface area contributed by atoms with Gasteiger partial charge in [0.05, 0.1) is 11.4 Å². The van der Waals surface area contributed by atoms with E-state index in [1.807, 2.05) is 16.8 Å². The summed E-state index contributed by atoms with van der Waals surface area (Å²) in [6, 6.07) is 5.42. The van der Waals surface area contributed by atoms with Crippen LogP contribution in [0.2, 0.25) is 0 Å². The highest BCUT2D eigenvalue weighted by atomic mass is 32.2. The Bertz CT molecular complexity index is 797. The molecule has 0 fully saturated rings. The lowest BCUT2D eigenvalue weighted by molar-refractivity contribution is 0.335. The number of nitrogens with zero attached hydrogens (tertiary/aromatic N) is 3. The lowest BCUT2D eigenvalue weighted by Crippen LogP contribution is -2.38. The van der Waals surface area contributed by atoms with Gasteiger partial charge in [-0.3, -0.25) is 0 Å². The summed E-state index contributed by atoms with van der Waals surface area (Å²) in [4.78, 5) is 4.60. The van der Waals surface area contributed by atoms with E-state index in [1.165, 1.54) is 9.87 Å². The Balaban J connectivity index is 1.68. The summed E-state index contributed by atoms with van der Waals surface area (Å²) >= 11 is 0. The van der Waals surface area contributed by atoms with Crippen LogP contribution in [0.3, 0.4) is 0 Å². The van der Waals surface area contributed by atoms with Crippen LogP contribution in [0.4, 0.5) is 0 Å². The third-order valence-corrected chi connectivity index (χ3v) is 6.00. The van der Waals surface area contributed by atoms with Gasteiger partial charge in [0.25, 0.3) is 0 Å². The minimum atomic E-state index is -3.45. The Kier molecular flexibility index (Phi) is 2.88. The van der Waals surface area contributed by atoms with Gasteiger partial charge in [-0.15, -0.1) is 0 Å². The van der Waals surface area contributed by atoms with Gasteiger partial charge in [0.2, 0.25) is 10.0 Å². The standard InChI is InChI=1S/C14H16N4O2S/c19-21(20,13-2-1-11-8-15-9-12(11)7-13)18-6-5-17-4-3-16-14(17)10-18/h1-4,7,15H,5-6,8-10H2. The van der Waals surface area contributed by atoms with Crippen molar-refractivity contribution in [3.63, 3.8) is 0 Å². The fourth-order valence-electron chi connectivity index (χ4n) is 2.94. The van der Waals surface area contributed by atoms with Gasteiger partial charge in [0, 0.05) is 38.6 Å². The molecule has 2 aliphatic heterocycles. The number of nitrogens with one attached hydrogen (secondary N) is 1. The largest absolute Gasteiger partial charge is 0.333 e. The zero-order valence-electron chi connectivity index (χ0n) is 11.5. The van der Waals surface area contributed by atoms with Crippen molar-refractivity contribution in [3.8, 4) is 0 Å². The summed E-state index contributed by atoms with van der Waals surface area (Å²) < 4.78 is 29.1. The Morgan fingerprint density at radius 3 is 2.90 bits per heavy atom. The quantitative estimate of drug-likeness (QED) is 0.886. The van der Waals surface area contributed by atoms with Crippen LogP contribution in [0.5, 0.6) is 0 Å². The average Bonchev–Trinajstić information content (AvgIpc) is 3.14. The molecule has 1 N–H and O–H groups in total. The second-order valence-corrected chi connectivity index (χ2v) is 7.35. The number of aromatic nitrogens is 2. The third-order valence-electron chi connectivity index (χ3n) is 4.16. The van der Waals surface area contributed by atoms with Gasteiger partial charge < -0.3 is 9.88 Å². The van der Waals surface area contributed by atoms with E-state index in [0.717, 1.165) is 24.5 Å². The molecule has 6 nitrogen and oxygen atoms in total. The minimum Gasteiger partial charge on any atom is -0.333 e. The van der Waals surface area contributed by atoms with Crippen molar-refractivity contribution >= 4 is 10.0 Å². The average molecular weight is 304 g/mol. The first-order chi connectivity index (χ1) is 10.1. The molecular weight excluding hydrogens is 288 g/mol. The van der Waals surface area contributed by atoms with E-state index in [4.69, 9.17) is 0 Å². The van der Waals surface area contributed by atoms with E-state index in [2.05, 4.69) is 10.3 Å². The summed E-state index contributed by atoms with van der Waals surface area (Å²) in [5.74, 6) is 0.799. The third kappa shape index (κ3) is 2.08. The molecule has 110 valence electrons. The molecular formula is C14H16N4O2S. The molecule has 0 bridgehead atoms. The maximum Gasteiger partial charge on any atom is 0.243 e. The van der Waals surface area contributed by atoms with Crippen molar-refractivity contribution in [2.45, 2.75) is 31.1 Å². The lowest BCUT2D eigenvalue weighted by Gasteiger charge is -2.27. The first-order valence-corrected chi connectivity index (χ1v) is 8.41. The smallest absolute Gasteiger partial charge is 0.243 e. The molecule has 21 heavy (non-hydrogen) atoms. The summed E-state index contributed by atoms with van der Waals surface area (Å²) in [6.07, 6.45) is 3.60. The number of imidazole rings is 1. The molecule has 0 radical (unpaired) electrons. The van der Waals surface area contributed by atoms with Gasteiger partial charge >= 0.3 is 0 Å². The van der Waals surface area contributed by atoms with Crippen LogP contribution in [-0.4, -0.2) is 28.8 Å².